The molecule has 3 N–H and O–H groups in total. The number of anilines is 1. The van der Waals surface area contributed by atoms with Gasteiger partial charge in [-0.05, 0) is 37.7 Å². The summed E-state index contributed by atoms with van der Waals surface area (Å²) in [5.74, 6) is 0. The van der Waals surface area contributed by atoms with Crippen molar-refractivity contribution in [3.05, 3.63) is 46.7 Å². The molecule has 0 unspecified atom stereocenters. The van der Waals surface area contributed by atoms with Crippen LogP contribution in [0.3, 0.4) is 0 Å². The molecule has 0 saturated heterocycles. The predicted octanol–water partition coefficient (Wildman–Crippen LogP) is 2.50. The average Bonchev–Trinajstić information content (AvgIpc) is 2.83. The van der Waals surface area contributed by atoms with Gasteiger partial charge in [0.05, 0.1) is 10.7 Å². The van der Waals surface area contributed by atoms with Crippen molar-refractivity contribution in [2.24, 2.45) is 0 Å². The van der Waals surface area contributed by atoms with E-state index in [0.29, 0.717) is 17.3 Å². The molecule has 0 saturated carbocycles. The van der Waals surface area contributed by atoms with Gasteiger partial charge in [-0.2, -0.15) is 0 Å². The molecule has 1 aromatic carbocycles. The first kappa shape index (κ1) is 14.9. The summed E-state index contributed by atoms with van der Waals surface area (Å²) in [5.41, 5.74) is 2.13. The second-order valence-corrected chi connectivity index (χ2v) is 6.57. The molecule has 1 aromatic heterocycles. The predicted molar refractivity (Wildman–Crippen MR) is 80.6 cm³/mol. The number of rotatable bonds is 5. The summed E-state index contributed by atoms with van der Waals surface area (Å²) in [6.07, 6.45) is 1.46. The molecule has 0 spiro atoms. The molecule has 0 bridgehead atoms. The van der Waals surface area contributed by atoms with Crippen LogP contribution in [0.25, 0.3) is 0 Å². The van der Waals surface area contributed by atoms with E-state index in [9.17, 15) is 8.42 Å². The summed E-state index contributed by atoms with van der Waals surface area (Å²) in [6.45, 7) is 2.46. The van der Waals surface area contributed by atoms with Crippen molar-refractivity contribution in [3.63, 3.8) is 0 Å². The monoisotopic (exact) mass is 313 g/mol. The molecule has 0 aliphatic rings. The summed E-state index contributed by atoms with van der Waals surface area (Å²) >= 11 is 6.03. The van der Waals surface area contributed by atoms with Crippen LogP contribution in [0.4, 0.5) is 5.69 Å². The smallest absolute Gasteiger partial charge is 0.263 e. The summed E-state index contributed by atoms with van der Waals surface area (Å²) in [6, 6.07) is 6.74. The second-order valence-electron chi connectivity index (χ2n) is 4.48. The molecule has 1 heterocycles. The van der Waals surface area contributed by atoms with Crippen LogP contribution in [0.2, 0.25) is 5.02 Å². The number of nitrogens with one attached hydrogen (secondary N) is 3. The Kier molecular flexibility index (Phi) is 4.37. The van der Waals surface area contributed by atoms with Crippen molar-refractivity contribution in [1.29, 1.82) is 0 Å². The van der Waals surface area contributed by atoms with Gasteiger partial charge in [0, 0.05) is 18.4 Å². The Balaban J connectivity index is 2.26. The van der Waals surface area contributed by atoms with Gasteiger partial charge in [-0.25, -0.2) is 8.42 Å². The van der Waals surface area contributed by atoms with E-state index in [1.807, 2.05) is 6.92 Å². The van der Waals surface area contributed by atoms with Crippen LogP contribution < -0.4 is 10.0 Å². The normalized spacial score (nSPS) is 11.6. The molecule has 0 fully saturated rings. The quantitative estimate of drug-likeness (QED) is 0.794. The minimum atomic E-state index is -3.64. The van der Waals surface area contributed by atoms with Crippen molar-refractivity contribution in [3.8, 4) is 0 Å². The molecule has 0 amide bonds. The number of benzene rings is 1. The topological polar surface area (TPSA) is 74.0 Å². The molecule has 0 atom stereocenters. The van der Waals surface area contributed by atoms with Gasteiger partial charge in [-0.3, -0.25) is 4.72 Å². The Morgan fingerprint density at radius 1 is 1.30 bits per heavy atom. The number of aromatic amines is 1. The maximum absolute atomic E-state index is 12.2. The van der Waals surface area contributed by atoms with E-state index in [4.69, 9.17) is 11.6 Å². The van der Waals surface area contributed by atoms with Gasteiger partial charge < -0.3 is 10.3 Å². The van der Waals surface area contributed by atoms with E-state index < -0.39 is 10.0 Å². The fraction of sp³-hybridized carbons (Fsp3) is 0.231. The molecule has 2 aromatic rings. The van der Waals surface area contributed by atoms with E-state index in [-0.39, 0.29) is 4.90 Å². The molecule has 2 rings (SSSR count). The van der Waals surface area contributed by atoms with Crippen molar-refractivity contribution in [2.45, 2.75) is 18.4 Å². The zero-order chi connectivity index (χ0) is 14.8. The molecule has 108 valence electrons. The second kappa shape index (κ2) is 5.87. The maximum atomic E-state index is 12.2. The Morgan fingerprint density at radius 3 is 2.70 bits per heavy atom. The zero-order valence-corrected chi connectivity index (χ0v) is 12.8. The molecular weight excluding hydrogens is 298 g/mol. The van der Waals surface area contributed by atoms with Crippen LogP contribution >= 0.6 is 11.6 Å². The van der Waals surface area contributed by atoms with Crippen molar-refractivity contribution >= 4 is 27.3 Å². The van der Waals surface area contributed by atoms with Crippen LogP contribution in [0.15, 0.2) is 35.4 Å². The fourth-order valence-electron chi connectivity index (χ4n) is 1.77. The lowest BCUT2D eigenvalue weighted by Gasteiger charge is -2.08. The Labute approximate surface area is 123 Å². The van der Waals surface area contributed by atoms with Crippen molar-refractivity contribution in [2.75, 3.05) is 11.8 Å². The third-order valence-corrected chi connectivity index (χ3v) is 4.42. The van der Waals surface area contributed by atoms with Crippen LogP contribution in [0.1, 0.15) is 11.3 Å². The summed E-state index contributed by atoms with van der Waals surface area (Å²) in [7, 11) is -1.85. The van der Waals surface area contributed by atoms with Gasteiger partial charge >= 0.3 is 0 Å². The highest BCUT2D eigenvalue weighted by atomic mass is 35.5. The minimum Gasteiger partial charge on any atom is -0.363 e. The lowest BCUT2D eigenvalue weighted by atomic mass is 10.2. The van der Waals surface area contributed by atoms with Gasteiger partial charge in [0.15, 0.2) is 0 Å². The van der Waals surface area contributed by atoms with E-state index >= 15 is 0 Å². The first-order valence-electron chi connectivity index (χ1n) is 6.03. The number of sulfonamides is 1. The van der Waals surface area contributed by atoms with E-state index in [0.717, 1.165) is 11.3 Å². The first-order valence-corrected chi connectivity index (χ1v) is 7.89. The lowest BCUT2D eigenvalue weighted by Crippen LogP contribution is -2.12. The molecule has 0 radical (unpaired) electrons. The Morgan fingerprint density at radius 2 is 2.05 bits per heavy atom. The molecule has 0 aliphatic heterocycles. The number of aromatic nitrogens is 1. The van der Waals surface area contributed by atoms with Gasteiger partial charge in [0.1, 0.15) is 4.90 Å². The van der Waals surface area contributed by atoms with Gasteiger partial charge in [0.25, 0.3) is 10.0 Å². The lowest BCUT2D eigenvalue weighted by molar-refractivity contribution is 0.601. The number of halogens is 1. The number of hydrogen-bond acceptors (Lipinski definition) is 3. The van der Waals surface area contributed by atoms with Crippen LogP contribution in [-0.4, -0.2) is 20.4 Å². The highest BCUT2D eigenvalue weighted by Crippen LogP contribution is 2.25. The number of aryl methyl sites for hydroxylation is 1. The number of H-pyrrole nitrogens is 1. The largest absolute Gasteiger partial charge is 0.363 e. The highest BCUT2D eigenvalue weighted by Gasteiger charge is 2.17. The van der Waals surface area contributed by atoms with Crippen molar-refractivity contribution in [1.82, 2.24) is 10.3 Å². The van der Waals surface area contributed by atoms with Crippen molar-refractivity contribution < 1.29 is 8.42 Å². The SMILES string of the molecule is CNCc1cc(S(=O)(=O)Nc2ccc(C)cc2Cl)c[nH]1. The first-order chi connectivity index (χ1) is 9.42. The van der Waals surface area contributed by atoms with Crippen LogP contribution in [0.5, 0.6) is 0 Å². The van der Waals surface area contributed by atoms with E-state index in [1.165, 1.54) is 6.20 Å². The zero-order valence-electron chi connectivity index (χ0n) is 11.2. The standard InChI is InChI=1S/C13H16ClN3O2S/c1-9-3-4-13(12(14)5-9)17-20(18,19)11-6-10(7-15-2)16-8-11/h3-6,8,15-17H,7H2,1-2H3. The van der Waals surface area contributed by atoms with Crippen LogP contribution in [-0.2, 0) is 16.6 Å². The van der Waals surface area contributed by atoms with Crippen LogP contribution in [0, 0.1) is 6.92 Å². The third-order valence-electron chi connectivity index (χ3n) is 2.76. The highest BCUT2D eigenvalue weighted by molar-refractivity contribution is 7.92. The third kappa shape index (κ3) is 3.33. The summed E-state index contributed by atoms with van der Waals surface area (Å²) < 4.78 is 27.0. The van der Waals surface area contributed by atoms with Gasteiger partial charge in [0.2, 0.25) is 0 Å². The minimum absolute atomic E-state index is 0.180. The maximum Gasteiger partial charge on any atom is 0.263 e. The Hall–Kier alpha value is -1.50. The average molecular weight is 314 g/mol. The van der Waals surface area contributed by atoms with Gasteiger partial charge in [-0.15, -0.1) is 0 Å². The molecule has 20 heavy (non-hydrogen) atoms. The summed E-state index contributed by atoms with van der Waals surface area (Å²) in [5, 5.41) is 3.32. The van der Waals surface area contributed by atoms with Gasteiger partial charge in [-0.1, -0.05) is 17.7 Å². The fourth-order valence-corrected chi connectivity index (χ4v) is 3.21. The molecule has 7 heteroatoms. The molecular formula is C13H16ClN3O2S. The Bertz CT molecular complexity index is 710. The number of hydrogen-bond donors (Lipinski definition) is 3. The molecule has 5 nitrogen and oxygen atoms in total. The molecule has 0 aliphatic carbocycles. The van der Waals surface area contributed by atoms with E-state index in [2.05, 4.69) is 15.0 Å². The summed E-state index contributed by atoms with van der Waals surface area (Å²) in [4.78, 5) is 3.09. The van der Waals surface area contributed by atoms with E-state index in [1.54, 1.807) is 31.3 Å².